The summed E-state index contributed by atoms with van der Waals surface area (Å²) in [5.41, 5.74) is 3.02. The second-order valence-corrected chi connectivity index (χ2v) is 5.87. The zero-order chi connectivity index (χ0) is 17.8. The molecule has 5 heteroatoms. The zero-order valence-electron chi connectivity index (χ0n) is 14.3. The molecule has 2 aromatic carbocycles. The van der Waals surface area contributed by atoms with Crippen LogP contribution in [0.1, 0.15) is 16.7 Å². The molecule has 130 valence electrons. The van der Waals surface area contributed by atoms with Crippen molar-refractivity contribution in [3.63, 3.8) is 0 Å². The number of rotatable bonds is 4. The Hall–Kier alpha value is -2.82. The van der Waals surface area contributed by atoms with Crippen LogP contribution in [-0.2, 0) is 17.8 Å². The number of hydrogen-bond donors (Lipinski definition) is 0. The maximum absolute atomic E-state index is 12.9. The smallest absolute Gasteiger partial charge is 0.246 e. The lowest BCUT2D eigenvalue weighted by Crippen LogP contribution is -2.34. The first-order valence-corrected chi connectivity index (χ1v) is 8.07. The molecule has 0 fully saturated rings. The number of halogens is 1. The maximum Gasteiger partial charge on any atom is 0.246 e. The number of carbonyl (C=O) groups excluding carboxylic acids is 1. The SMILES string of the molecule is COc1cc2c(cc1OC)CN(C(=O)/C=C/c1ccc(F)cc1)CC2. The van der Waals surface area contributed by atoms with Crippen molar-refractivity contribution in [3.8, 4) is 11.5 Å². The third-order valence-electron chi connectivity index (χ3n) is 4.32. The Morgan fingerprint density at radius 2 is 1.72 bits per heavy atom. The lowest BCUT2D eigenvalue weighted by molar-refractivity contribution is -0.126. The van der Waals surface area contributed by atoms with Gasteiger partial charge in [0.1, 0.15) is 5.82 Å². The zero-order valence-corrected chi connectivity index (χ0v) is 14.3. The van der Waals surface area contributed by atoms with Crippen LogP contribution in [0.5, 0.6) is 11.5 Å². The number of amides is 1. The van der Waals surface area contributed by atoms with Crippen molar-refractivity contribution >= 4 is 12.0 Å². The largest absolute Gasteiger partial charge is 0.493 e. The van der Waals surface area contributed by atoms with Crippen LogP contribution in [0, 0.1) is 5.82 Å². The minimum atomic E-state index is -0.291. The molecular weight excluding hydrogens is 321 g/mol. The number of carbonyl (C=O) groups is 1. The molecule has 1 aliphatic heterocycles. The summed E-state index contributed by atoms with van der Waals surface area (Å²) in [5.74, 6) is 1.01. The van der Waals surface area contributed by atoms with E-state index in [1.807, 2.05) is 12.1 Å². The number of benzene rings is 2. The highest BCUT2D eigenvalue weighted by Gasteiger charge is 2.21. The number of ether oxygens (including phenoxy) is 2. The van der Waals surface area contributed by atoms with E-state index < -0.39 is 0 Å². The first-order valence-electron chi connectivity index (χ1n) is 8.07. The van der Waals surface area contributed by atoms with Crippen LogP contribution in [0.4, 0.5) is 4.39 Å². The topological polar surface area (TPSA) is 38.8 Å². The fraction of sp³-hybridized carbons (Fsp3) is 0.250. The van der Waals surface area contributed by atoms with E-state index in [0.29, 0.717) is 24.6 Å². The predicted molar refractivity (Wildman–Crippen MR) is 94.1 cm³/mol. The molecule has 0 bridgehead atoms. The van der Waals surface area contributed by atoms with Gasteiger partial charge < -0.3 is 14.4 Å². The molecule has 0 unspecified atom stereocenters. The van der Waals surface area contributed by atoms with Crippen LogP contribution in [0.15, 0.2) is 42.5 Å². The minimum absolute atomic E-state index is 0.0650. The number of methoxy groups -OCH3 is 2. The summed E-state index contributed by atoms with van der Waals surface area (Å²) in [7, 11) is 3.21. The Kier molecular flexibility index (Phi) is 5.03. The Morgan fingerprint density at radius 3 is 2.36 bits per heavy atom. The van der Waals surface area contributed by atoms with Crippen molar-refractivity contribution in [1.29, 1.82) is 0 Å². The Morgan fingerprint density at radius 1 is 1.08 bits per heavy atom. The molecule has 0 saturated carbocycles. The predicted octanol–water partition coefficient (Wildman–Crippen LogP) is 3.44. The van der Waals surface area contributed by atoms with Gasteiger partial charge in [-0.25, -0.2) is 4.39 Å². The molecular formula is C20H20FNO3. The first-order chi connectivity index (χ1) is 12.1. The van der Waals surface area contributed by atoms with Gasteiger partial charge in [-0.1, -0.05) is 12.1 Å². The highest BCUT2D eigenvalue weighted by molar-refractivity contribution is 5.92. The molecule has 1 heterocycles. The van der Waals surface area contributed by atoms with Gasteiger partial charge in [-0.05, 0) is 53.5 Å². The van der Waals surface area contributed by atoms with Crippen LogP contribution in [0.25, 0.3) is 6.08 Å². The van der Waals surface area contributed by atoms with Crippen LogP contribution in [-0.4, -0.2) is 31.6 Å². The van der Waals surface area contributed by atoms with Gasteiger partial charge >= 0.3 is 0 Å². The fourth-order valence-corrected chi connectivity index (χ4v) is 2.92. The van der Waals surface area contributed by atoms with Gasteiger partial charge in [0.05, 0.1) is 14.2 Å². The van der Waals surface area contributed by atoms with E-state index in [-0.39, 0.29) is 11.7 Å². The molecule has 0 atom stereocenters. The van der Waals surface area contributed by atoms with E-state index in [4.69, 9.17) is 9.47 Å². The average Bonchev–Trinajstić information content (AvgIpc) is 2.65. The first kappa shape index (κ1) is 17.0. The molecule has 3 rings (SSSR count). The molecule has 4 nitrogen and oxygen atoms in total. The third kappa shape index (κ3) is 3.82. The molecule has 2 aromatic rings. The summed E-state index contributed by atoms with van der Waals surface area (Å²) in [4.78, 5) is 14.2. The normalized spacial score (nSPS) is 13.6. The standard InChI is InChI=1S/C20H20FNO3/c1-24-18-11-15-9-10-22(13-16(15)12-19(18)25-2)20(23)8-5-14-3-6-17(21)7-4-14/h3-8,11-12H,9-10,13H2,1-2H3/b8-5+. The summed E-state index contributed by atoms with van der Waals surface area (Å²) in [5, 5.41) is 0. The molecule has 0 N–H and O–H groups in total. The number of fused-ring (bicyclic) bond motifs is 1. The van der Waals surface area contributed by atoms with E-state index in [1.165, 1.54) is 23.8 Å². The van der Waals surface area contributed by atoms with Crippen molar-refractivity contribution < 1.29 is 18.7 Å². The monoisotopic (exact) mass is 341 g/mol. The summed E-state index contributed by atoms with van der Waals surface area (Å²) < 4.78 is 23.6. The molecule has 0 aromatic heterocycles. The lowest BCUT2D eigenvalue weighted by atomic mass is 9.98. The summed E-state index contributed by atoms with van der Waals surface area (Å²) in [6.45, 7) is 1.18. The summed E-state index contributed by atoms with van der Waals surface area (Å²) >= 11 is 0. The number of hydrogen-bond acceptors (Lipinski definition) is 3. The van der Waals surface area contributed by atoms with E-state index in [2.05, 4.69) is 0 Å². The van der Waals surface area contributed by atoms with Crippen molar-refractivity contribution in [2.24, 2.45) is 0 Å². The van der Waals surface area contributed by atoms with Gasteiger partial charge in [0.15, 0.2) is 11.5 Å². The molecule has 0 radical (unpaired) electrons. The quantitative estimate of drug-likeness (QED) is 0.800. The van der Waals surface area contributed by atoms with Gasteiger partial charge in [0.25, 0.3) is 0 Å². The van der Waals surface area contributed by atoms with Crippen LogP contribution in [0.3, 0.4) is 0 Å². The number of nitrogens with zero attached hydrogens (tertiary/aromatic N) is 1. The van der Waals surface area contributed by atoms with Crippen molar-refractivity contribution in [2.75, 3.05) is 20.8 Å². The second kappa shape index (κ2) is 7.38. The second-order valence-electron chi connectivity index (χ2n) is 5.87. The summed E-state index contributed by atoms with van der Waals surface area (Å²) in [6, 6.07) is 9.94. The van der Waals surface area contributed by atoms with Gasteiger partial charge in [0.2, 0.25) is 5.91 Å². The van der Waals surface area contributed by atoms with E-state index in [1.54, 1.807) is 37.3 Å². The highest BCUT2D eigenvalue weighted by Crippen LogP contribution is 2.33. The van der Waals surface area contributed by atoms with Crippen LogP contribution in [0.2, 0.25) is 0 Å². The van der Waals surface area contributed by atoms with Gasteiger partial charge in [0, 0.05) is 19.2 Å². The maximum atomic E-state index is 12.9. The molecule has 25 heavy (non-hydrogen) atoms. The Labute approximate surface area is 146 Å². The third-order valence-corrected chi connectivity index (χ3v) is 4.32. The molecule has 1 aliphatic rings. The van der Waals surface area contributed by atoms with E-state index in [0.717, 1.165) is 17.5 Å². The molecule has 0 saturated heterocycles. The van der Waals surface area contributed by atoms with Crippen LogP contribution < -0.4 is 9.47 Å². The van der Waals surface area contributed by atoms with Gasteiger partial charge in [-0.15, -0.1) is 0 Å². The Balaban J connectivity index is 1.73. The average molecular weight is 341 g/mol. The molecule has 1 amide bonds. The molecule has 0 aliphatic carbocycles. The van der Waals surface area contributed by atoms with Crippen molar-refractivity contribution in [1.82, 2.24) is 4.90 Å². The summed E-state index contributed by atoms with van der Waals surface area (Å²) in [6.07, 6.45) is 4.00. The highest BCUT2D eigenvalue weighted by atomic mass is 19.1. The van der Waals surface area contributed by atoms with Gasteiger partial charge in [-0.2, -0.15) is 0 Å². The van der Waals surface area contributed by atoms with Crippen molar-refractivity contribution in [2.45, 2.75) is 13.0 Å². The van der Waals surface area contributed by atoms with E-state index in [9.17, 15) is 9.18 Å². The van der Waals surface area contributed by atoms with E-state index >= 15 is 0 Å². The van der Waals surface area contributed by atoms with Crippen molar-refractivity contribution in [3.05, 3.63) is 65.0 Å². The lowest BCUT2D eigenvalue weighted by Gasteiger charge is -2.28. The van der Waals surface area contributed by atoms with Crippen LogP contribution >= 0.6 is 0 Å². The Bertz CT molecular complexity index is 799. The minimum Gasteiger partial charge on any atom is -0.493 e. The van der Waals surface area contributed by atoms with Gasteiger partial charge in [-0.3, -0.25) is 4.79 Å². The fourth-order valence-electron chi connectivity index (χ4n) is 2.92. The molecule has 0 spiro atoms.